The molecular weight excluding hydrogens is 430 g/mol. The van der Waals surface area contributed by atoms with Crippen molar-refractivity contribution in [1.82, 2.24) is 4.98 Å². The van der Waals surface area contributed by atoms with Gasteiger partial charge in [0, 0.05) is 22.5 Å². The van der Waals surface area contributed by atoms with Crippen LogP contribution in [0.15, 0.2) is 24.3 Å². The topological polar surface area (TPSA) is 33.1 Å². The normalized spacial score (nSPS) is 21.9. The van der Waals surface area contributed by atoms with Gasteiger partial charge in [-0.05, 0) is 66.2 Å². The fourth-order valence-electron chi connectivity index (χ4n) is 5.73. The molecule has 0 bridgehead atoms. The molecule has 180 valence electrons. The van der Waals surface area contributed by atoms with Crippen LogP contribution in [0.2, 0.25) is 0 Å². The monoisotopic (exact) mass is 463 g/mol. The van der Waals surface area contributed by atoms with Gasteiger partial charge in [-0.1, -0.05) is 52.7 Å². The van der Waals surface area contributed by atoms with Gasteiger partial charge in [0.1, 0.15) is 0 Å². The number of aromatic nitrogens is 1. The van der Waals surface area contributed by atoms with E-state index < -0.39 is 24.0 Å². The van der Waals surface area contributed by atoms with Gasteiger partial charge in [0.2, 0.25) is 0 Å². The van der Waals surface area contributed by atoms with Crippen molar-refractivity contribution < 1.29 is 22.7 Å². The van der Waals surface area contributed by atoms with E-state index in [1.807, 2.05) is 13.8 Å². The lowest BCUT2D eigenvalue weighted by Gasteiger charge is -2.38. The maximum absolute atomic E-state index is 16.3. The van der Waals surface area contributed by atoms with Crippen molar-refractivity contribution in [3.05, 3.63) is 63.5 Å². The van der Waals surface area contributed by atoms with Crippen LogP contribution in [0.5, 0.6) is 0 Å². The van der Waals surface area contributed by atoms with Crippen molar-refractivity contribution in [3.8, 4) is 0 Å². The van der Waals surface area contributed by atoms with Gasteiger partial charge in [-0.2, -0.15) is 13.2 Å². The molecule has 1 N–H and O–H groups in total. The zero-order chi connectivity index (χ0) is 24.1. The van der Waals surface area contributed by atoms with Crippen molar-refractivity contribution in [2.75, 3.05) is 0 Å². The quantitative estimate of drug-likeness (QED) is 0.467. The van der Waals surface area contributed by atoms with Crippen molar-refractivity contribution in [2.24, 2.45) is 5.41 Å². The zero-order valence-electron chi connectivity index (χ0n) is 19.8. The summed E-state index contributed by atoms with van der Waals surface area (Å²) in [7, 11) is 0. The molecule has 1 unspecified atom stereocenters. The van der Waals surface area contributed by atoms with Crippen molar-refractivity contribution in [1.29, 1.82) is 0 Å². The van der Waals surface area contributed by atoms with Crippen LogP contribution in [0.4, 0.5) is 17.6 Å². The van der Waals surface area contributed by atoms with E-state index in [4.69, 9.17) is 4.98 Å². The molecule has 6 heteroatoms. The largest absolute Gasteiger partial charge is 0.416 e. The molecule has 1 heterocycles. The van der Waals surface area contributed by atoms with E-state index in [1.54, 1.807) is 0 Å². The maximum Gasteiger partial charge on any atom is 0.416 e. The number of halogens is 4. The Morgan fingerprint density at radius 3 is 2.18 bits per heavy atom. The smallest absolute Gasteiger partial charge is 0.388 e. The SMILES string of the molecule is CC(C)c1nc2c(c(C3CCCC3)c1C(F)c1ccc(C(F)(F)F)cc1)[C@@H](O)CC(C)(C)C2. The van der Waals surface area contributed by atoms with Crippen LogP contribution in [-0.2, 0) is 12.6 Å². The Hall–Kier alpha value is -1.95. The third-order valence-corrected chi connectivity index (χ3v) is 7.24. The first-order valence-corrected chi connectivity index (χ1v) is 11.9. The Morgan fingerprint density at radius 1 is 1.03 bits per heavy atom. The van der Waals surface area contributed by atoms with Gasteiger partial charge in [0.25, 0.3) is 0 Å². The first-order valence-electron chi connectivity index (χ1n) is 11.9. The number of aliphatic hydroxyl groups is 1. The number of fused-ring (bicyclic) bond motifs is 1. The fourth-order valence-corrected chi connectivity index (χ4v) is 5.73. The molecule has 2 aliphatic carbocycles. The number of rotatable bonds is 4. The average molecular weight is 464 g/mol. The van der Waals surface area contributed by atoms with Crippen molar-refractivity contribution >= 4 is 0 Å². The number of hydrogen-bond acceptors (Lipinski definition) is 2. The Bertz CT molecular complexity index is 1000. The van der Waals surface area contributed by atoms with Crippen LogP contribution in [0.1, 0.15) is 123 Å². The highest BCUT2D eigenvalue weighted by molar-refractivity contribution is 5.50. The molecule has 0 aliphatic heterocycles. The van der Waals surface area contributed by atoms with Crippen LogP contribution < -0.4 is 0 Å². The fraction of sp³-hybridized carbons (Fsp3) is 0.593. The number of benzene rings is 1. The van der Waals surface area contributed by atoms with Gasteiger partial charge in [-0.3, -0.25) is 4.98 Å². The first-order chi connectivity index (χ1) is 15.4. The summed E-state index contributed by atoms with van der Waals surface area (Å²) in [6, 6.07) is 4.34. The summed E-state index contributed by atoms with van der Waals surface area (Å²) in [5.74, 6) is 0.0816. The van der Waals surface area contributed by atoms with Gasteiger partial charge in [-0.15, -0.1) is 0 Å². The van der Waals surface area contributed by atoms with Crippen LogP contribution in [-0.4, -0.2) is 10.1 Å². The molecule has 1 fully saturated rings. The van der Waals surface area contributed by atoms with Gasteiger partial charge < -0.3 is 5.11 Å². The number of aliphatic hydroxyl groups excluding tert-OH is 1. The Kier molecular flexibility index (Phi) is 6.36. The predicted octanol–water partition coefficient (Wildman–Crippen LogP) is 7.95. The van der Waals surface area contributed by atoms with Gasteiger partial charge in [0.15, 0.2) is 6.17 Å². The van der Waals surface area contributed by atoms with E-state index in [9.17, 15) is 18.3 Å². The summed E-state index contributed by atoms with van der Waals surface area (Å²) in [6.07, 6.45) is -1.52. The summed E-state index contributed by atoms with van der Waals surface area (Å²) in [6.45, 7) is 8.17. The summed E-state index contributed by atoms with van der Waals surface area (Å²) >= 11 is 0. The molecule has 4 rings (SSSR count). The average Bonchev–Trinajstić information content (AvgIpc) is 3.25. The summed E-state index contributed by atoms with van der Waals surface area (Å²) in [5, 5.41) is 11.2. The van der Waals surface area contributed by atoms with Crippen molar-refractivity contribution in [3.63, 3.8) is 0 Å². The lowest BCUT2D eigenvalue weighted by molar-refractivity contribution is -0.137. The lowest BCUT2D eigenvalue weighted by Crippen LogP contribution is -2.30. The molecule has 2 aliphatic rings. The Balaban J connectivity index is 1.92. The summed E-state index contributed by atoms with van der Waals surface area (Å²) < 4.78 is 55.4. The molecule has 1 aromatic carbocycles. The highest BCUT2D eigenvalue weighted by Gasteiger charge is 2.40. The Labute approximate surface area is 193 Å². The second kappa shape index (κ2) is 8.68. The molecule has 2 nitrogen and oxygen atoms in total. The van der Waals surface area contributed by atoms with Crippen LogP contribution in [0.3, 0.4) is 0 Å². The van der Waals surface area contributed by atoms with E-state index in [1.165, 1.54) is 12.1 Å². The zero-order valence-corrected chi connectivity index (χ0v) is 19.8. The second-order valence-corrected chi connectivity index (χ2v) is 10.9. The maximum atomic E-state index is 16.3. The second-order valence-electron chi connectivity index (χ2n) is 10.9. The third-order valence-electron chi connectivity index (χ3n) is 7.24. The standard InChI is InChI=1S/C27H33F4NO/c1-15(2)25-23(24(28)17-9-11-18(12-10-17)27(29,30)31)21(16-7-5-6-8-16)22-19(32-25)13-26(3,4)14-20(22)33/h9-12,15-16,20,24,33H,5-8,13-14H2,1-4H3/t20-,24?/m0/s1. The van der Waals surface area contributed by atoms with Gasteiger partial charge >= 0.3 is 6.18 Å². The van der Waals surface area contributed by atoms with E-state index in [0.717, 1.165) is 61.1 Å². The molecule has 0 spiro atoms. The highest BCUT2D eigenvalue weighted by atomic mass is 19.4. The molecule has 0 radical (unpaired) electrons. The molecule has 1 saturated carbocycles. The molecular formula is C27H33F4NO. The lowest BCUT2D eigenvalue weighted by atomic mass is 9.70. The molecule has 0 saturated heterocycles. The molecule has 0 amide bonds. The number of pyridine rings is 1. The van der Waals surface area contributed by atoms with E-state index in [0.29, 0.717) is 17.7 Å². The first kappa shape index (κ1) is 24.2. The van der Waals surface area contributed by atoms with Crippen LogP contribution in [0.25, 0.3) is 0 Å². The van der Waals surface area contributed by atoms with Crippen LogP contribution in [0, 0.1) is 5.41 Å². The van der Waals surface area contributed by atoms with Gasteiger partial charge in [-0.25, -0.2) is 4.39 Å². The third kappa shape index (κ3) is 4.68. The van der Waals surface area contributed by atoms with E-state index in [2.05, 4.69) is 13.8 Å². The minimum atomic E-state index is -4.47. The molecule has 2 aromatic rings. The van der Waals surface area contributed by atoms with Gasteiger partial charge in [0.05, 0.1) is 11.7 Å². The minimum Gasteiger partial charge on any atom is -0.388 e. The highest BCUT2D eigenvalue weighted by Crippen LogP contribution is 2.50. The Morgan fingerprint density at radius 2 is 1.64 bits per heavy atom. The molecule has 1 aromatic heterocycles. The number of nitrogens with zero attached hydrogens (tertiary/aromatic N) is 1. The number of hydrogen-bond donors (Lipinski definition) is 1. The summed E-state index contributed by atoms with van der Waals surface area (Å²) in [4.78, 5) is 4.91. The van der Waals surface area contributed by atoms with E-state index >= 15 is 4.39 Å². The molecule has 33 heavy (non-hydrogen) atoms. The minimum absolute atomic E-state index is 0.0552. The summed E-state index contributed by atoms with van der Waals surface area (Å²) in [5.41, 5.74) is 2.92. The predicted molar refractivity (Wildman–Crippen MR) is 121 cm³/mol. The number of alkyl halides is 4. The van der Waals surface area contributed by atoms with E-state index in [-0.39, 0.29) is 22.8 Å². The molecule has 2 atom stereocenters. The van der Waals surface area contributed by atoms with Crippen molar-refractivity contribution in [2.45, 2.75) is 96.5 Å². The van der Waals surface area contributed by atoms with Crippen LogP contribution >= 0.6 is 0 Å².